The molecule has 3 heteroatoms. The zero-order chi connectivity index (χ0) is 13.9. The minimum absolute atomic E-state index is 0.277. The van der Waals surface area contributed by atoms with Gasteiger partial charge in [0.05, 0.1) is 10.7 Å². The molecule has 0 aliphatic carbocycles. The Bertz CT molecular complexity index is 712. The van der Waals surface area contributed by atoms with E-state index in [0.29, 0.717) is 0 Å². The van der Waals surface area contributed by atoms with Gasteiger partial charge in [0.1, 0.15) is 0 Å². The first-order chi connectivity index (χ1) is 9.74. The average Bonchev–Trinajstić information content (AvgIpc) is 2.91. The van der Waals surface area contributed by atoms with E-state index < -0.39 is 0 Å². The highest BCUT2D eigenvalue weighted by Crippen LogP contribution is 2.20. The molecule has 0 saturated heterocycles. The molecule has 1 aromatic heterocycles. The van der Waals surface area contributed by atoms with Gasteiger partial charge in [-0.15, -0.1) is 11.3 Å². The summed E-state index contributed by atoms with van der Waals surface area (Å²) in [6.07, 6.45) is 0. The number of thiazole rings is 1. The van der Waals surface area contributed by atoms with Crippen molar-refractivity contribution in [1.82, 2.24) is 10.3 Å². The molecular formula is C17H18N2S. The van der Waals surface area contributed by atoms with E-state index >= 15 is 0 Å². The standard InChI is InChI=1S/C17H18N2S/c1-12(17-11-20-13(2)19-17)18-10-15-8-5-7-14-6-3-4-9-16(14)15/h3-9,11-12,18H,10H2,1-2H3. The van der Waals surface area contributed by atoms with Crippen LogP contribution in [-0.2, 0) is 6.54 Å². The first kappa shape index (κ1) is 13.3. The molecule has 20 heavy (non-hydrogen) atoms. The molecular weight excluding hydrogens is 264 g/mol. The van der Waals surface area contributed by atoms with Crippen molar-refractivity contribution in [1.29, 1.82) is 0 Å². The predicted molar refractivity (Wildman–Crippen MR) is 86.1 cm³/mol. The van der Waals surface area contributed by atoms with E-state index in [1.54, 1.807) is 11.3 Å². The van der Waals surface area contributed by atoms with Crippen LogP contribution in [0.5, 0.6) is 0 Å². The summed E-state index contributed by atoms with van der Waals surface area (Å²) in [6, 6.07) is 15.3. The van der Waals surface area contributed by atoms with Gasteiger partial charge in [-0.05, 0) is 30.2 Å². The minimum Gasteiger partial charge on any atom is -0.305 e. The SMILES string of the molecule is Cc1nc(C(C)NCc2cccc3ccccc23)cs1. The molecule has 0 aliphatic heterocycles. The first-order valence-corrected chi connectivity index (χ1v) is 7.74. The van der Waals surface area contributed by atoms with Crippen molar-refractivity contribution < 1.29 is 0 Å². The molecule has 3 rings (SSSR count). The number of aryl methyl sites for hydroxylation is 1. The Balaban J connectivity index is 1.77. The summed E-state index contributed by atoms with van der Waals surface area (Å²) in [6.45, 7) is 5.07. The summed E-state index contributed by atoms with van der Waals surface area (Å²) in [5, 5.41) is 9.44. The van der Waals surface area contributed by atoms with E-state index in [4.69, 9.17) is 0 Å². The molecule has 0 bridgehead atoms. The van der Waals surface area contributed by atoms with Crippen molar-refractivity contribution in [3.63, 3.8) is 0 Å². The highest BCUT2D eigenvalue weighted by molar-refractivity contribution is 7.09. The van der Waals surface area contributed by atoms with Gasteiger partial charge in [-0.25, -0.2) is 4.98 Å². The fourth-order valence-corrected chi connectivity index (χ4v) is 3.10. The lowest BCUT2D eigenvalue weighted by molar-refractivity contribution is 0.565. The smallest absolute Gasteiger partial charge is 0.0898 e. The Hall–Kier alpha value is -1.71. The number of fused-ring (bicyclic) bond motifs is 1. The summed E-state index contributed by atoms with van der Waals surface area (Å²) >= 11 is 1.71. The van der Waals surface area contributed by atoms with E-state index in [1.165, 1.54) is 16.3 Å². The highest BCUT2D eigenvalue weighted by Gasteiger charge is 2.09. The van der Waals surface area contributed by atoms with Gasteiger partial charge >= 0.3 is 0 Å². The van der Waals surface area contributed by atoms with Crippen LogP contribution < -0.4 is 5.32 Å². The van der Waals surface area contributed by atoms with Gasteiger partial charge in [-0.2, -0.15) is 0 Å². The lowest BCUT2D eigenvalue weighted by Gasteiger charge is -2.13. The predicted octanol–water partition coefficient (Wildman–Crippen LogP) is 4.46. The maximum Gasteiger partial charge on any atom is 0.0898 e. The van der Waals surface area contributed by atoms with Crippen LogP contribution in [0.4, 0.5) is 0 Å². The van der Waals surface area contributed by atoms with Crippen molar-refractivity contribution in [2.24, 2.45) is 0 Å². The maximum absolute atomic E-state index is 4.54. The Morgan fingerprint density at radius 3 is 2.75 bits per heavy atom. The van der Waals surface area contributed by atoms with Gasteiger partial charge in [0, 0.05) is 18.0 Å². The third-order valence-electron chi connectivity index (χ3n) is 3.56. The van der Waals surface area contributed by atoms with E-state index in [2.05, 4.69) is 65.1 Å². The second-order valence-corrected chi connectivity index (χ2v) is 6.09. The summed E-state index contributed by atoms with van der Waals surface area (Å²) < 4.78 is 0. The molecule has 0 fully saturated rings. The lowest BCUT2D eigenvalue weighted by atomic mass is 10.0. The molecule has 0 spiro atoms. The van der Waals surface area contributed by atoms with Crippen LogP contribution in [0.1, 0.15) is 29.2 Å². The van der Waals surface area contributed by atoms with Gasteiger partial charge in [0.2, 0.25) is 0 Å². The quantitative estimate of drug-likeness (QED) is 0.764. The normalized spacial score (nSPS) is 12.7. The summed E-state index contributed by atoms with van der Waals surface area (Å²) in [4.78, 5) is 4.54. The fraction of sp³-hybridized carbons (Fsp3) is 0.235. The monoisotopic (exact) mass is 282 g/mol. The average molecular weight is 282 g/mol. The van der Waals surface area contributed by atoms with Crippen LogP contribution in [0.25, 0.3) is 10.8 Å². The molecule has 3 aromatic rings. The first-order valence-electron chi connectivity index (χ1n) is 6.86. The van der Waals surface area contributed by atoms with E-state index in [1.807, 2.05) is 6.92 Å². The van der Waals surface area contributed by atoms with Crippen LogP contribution in [0.15, 0.2) is 47.8 Å². The molecule has 0 aliphatic rings. The molecule has 1 atom stereocenters. The molecule has 102 valence electrons. The van der Waals surface area contributed by atoms with Crippen molar-refractivity contribution in [2.75, 3.05) is 0 Å². The van der Waals surface area contributed by atoms with Crippen LogP contribution in [0, 0.1) is 6.92 Å². The number of benzene rings is 2. The van der Waals surface area contributed by atoms with Crippen LogP contribution >= 0.6 is 11.3 Å². The maximum atomic E-state index is 4.54. The molecule has 1 N–H and O–H groups in total. The summed E-state index contributed by atoms with van der Waals surface area (Å²) in [7, 11) is 0. The van der Waals surface area contributed by atoms with E-state index in [-0.39, 0.29) is 6.04 Å². The van der Waals surface area contributed by atoms with Crippen LogP contribution in [0.2, 0.25) is 0 Å². The van der Waals surface area contributed by atoms with Crippen LogP contribution in [-0.4, -0.2) is 4.98 Å². The highest BCUT2D eigenvalue weighted by atomic mass is 32.1. The summed E-state index contributed by atoms with van der Waals surface area (Å²) in [5.41, 5.74) is 2.47. The fourth-order valence-electron chi connectivity index (χ4n) is 2.39. The number of rotatable bonds is 4. The molecule has 1 heterocycles. The van der Waals surface area contributed by atoms with Gasteiger partial charge in [-0.3, -0.25) is 0 Å². The van der Waals surface area contributed by atoms with Crippen LogP contribution in [0.3, 0.4) is 0 Å². The van der Waals surface area contributed by atoms with E-state index in [0.717, 1.165) is 17.2 Å². The Labute approximate surface area is 123 Å². The third-order valence-corrected chi connectivity index (χ3v) is 4.35. The zero-order valence-corrected chi connectivity index (χ0v) is 12.6. The van der Waals surface area contributed by atoms with Gasteiger partial charge < -0.3 is 5.32 Å². The summed E-state index contributed by atoms with van der Waals surface area (Å²) in [5.74, 6) is 0. The third kappa shape index (κ3) is 2.74. The lowest BCUT2D eigenvalue weighted by Crippen LogP contribution is -2.18. The Morgan fingerprint density at radius 1 is 1.15 bits per heavy atom. The molecule has 0 radical (unpaired) electrons. The molecule has 2 nitrogen and oxygen atoms in total. The number of nitrogens with zero attached hydrogens (tertiary/aromatic N) is 1. The molecule has 0 saturated carbocycles. The molecule has 1 unspecified atom stereocenters. The number of aromatic nitrogens is 1. The van der Waals surface area contributed by atoms with Crippen molar-refractivity contribution >= 4 is 22.1 Å². The number of hydrogen-bond donors (Lipinski definition) is 1. The van der Waals surface area contributed by atoms with Gasteiger partial charge in [0.25, 0.3) is 0 Å². The number of hydrogen-bond acceptors (Lipinski definition) is 3. The largest absolute Gasteiger partial charge is 0.305 e. The van der Waals surface area contributed by atoms with Crippen molar-refractivity contribution in [2.45, 2.75) is 26.4 Å². The second-order valence-electron chi connectivity index (χ2n) is 5.03. The number of nitrogens with one attached hydrogen (secondary N) is 1. The molecule has 0 amide bonds. The van der Waals surface area contributed by atoms with E-state index in [9.17, 15) is 0 Å². The Morgan fingerprint density at radius 2 is 1.95 bits per heavy atom. The van der Waals surface area contributed by atoms with Gasteiger partial charge in [-0.1, -0.05) is 42.5 Å². The van der Waals surface area contributed by atoms with Crippen molar-refractivity contribution in [3.05, 3.63) is 64.1 Å². The second kappa shape index (κ2) is 5.73. The Kier molecular flexibility index (Phi) is 3.81. The van der Waals surface area contributed by atoms with Gasteiger partial charge in [0.15, 0.2) is 0 Å². The topological polar surface area (TPSA) is 24.9 Å². The minimum atomic E-state index is 0.277. The molecule has 2 aromatic carbocycles. The van der Waals surface area contributed by atoms with Crippen molar-refractivity contribution in [3.8, 4) is 0 Å². The zero-order valence-electron chi connectivity index (χ0n) is 11.8.